The van der Waals surface area contributed by atoms with E-state index in [0.717, 1.165) is 21.8 Å². The summed E-state index contributed by atoms with van der Waals surface area (Å²) in [4.78, 5) is 0. The van der Waals surface area contributed by atoms with Crippen LogP contribution in [-0.4, -0.2) is 12.2 Å². The van der Waals surface area contributed by atoms with E-state index in [4.69, 9.17) is 16.3 Å². The van der Waals surface area contributed by atoms with E-state index in [-0.39, 0.29) is 5.75 Å². The van der Waals surface area contributed by atoms with Crippen LogP contribution in [0.4, 0.5) is 5.69 Å². The number of hydrogen-bond donors (Lipinski definition) is 2. The van der Waals surface area contributed by atoms with Gasteiger partial charge in [-0.3, -0.25) is 0 Å². The molecule has 0 radical (unpaired) electrons. The minimum atomic E-state index is 0.143. The highest BCUT2D eigenvalue weighted by atomic mass is 35.5. The van der Waals surface area contributed by atoms with E-state index in [1.165, 1.54) is 7.11 Å². The summed E-state index contributed by atoms with van der Waals surface area (Å²) in [6.45, 7) is 2.60. The quantitative estimate of drug-likeness (QED) is 0.888. The normalized spacial score (nSPS) is 10.3. The lowest BCUT2D eigenvalue weighted by Gasteiger charge is -2.10. The molecule has 0 bridgehead atoms. The number of aryl methyl sites for hydroxylation is 1. The standard InChI is InChI=1S/C15H16ClNO2/c1-10-3-5-12(8-13(10)16)17-9-11-4-6-14(18)15(7-11)19-2/h3-8,17-18H,9H2,1-2H3. The largest absolute Gasteiger partial charge is 0.504 e. The molecule has 2 aromatic rings. The monoisotopic (exact) mass is 277 g/mol. The van der Waals surface area contributed by atoms with Crippen molar-refractivity contribution in [1.82, 2.24) is 0 Å². The smallest absolute Gasteiger partial charge is 0.160 e. The number of anilines is 1. The molecule has 0 aromatic heterocycles. The van der Waals surface area contributed by atoms with Crippen molar-refractivity contribution in [3.05, 3.63) is 52.5 Å². The van der Waals surface area contributed by atoms with Gasteiger partial charge in [0, 0.05) is 17.3 Å². The van der Waals surface area contributed by atoms with Crippen LogP contribution < -0.4 is 10.1 Å². The van der Waals surface area contributed by atoms with Crippen molar-refractivity contribution in [2.24, 2.45) is 0 Å². The Kier molecular flexibility index (Phi) is 4.17. The van der Waals surface area contributed by atoms with Gasteiger partial charge in [0.05, 0.1) is 7.11 Å². The van der Waals surface area contributed by atoms with Gasteiger partial charge in [0.15, 0.2) is 11.5 Å². The number of aromatic hydroxyl groups is 1. The van der Waals surface area contributed by atoms with Crippen molar-refractivity contribution in [2.75, 3.05) is 12.4 Å². The first kappa shape index (κ1) is 13.6. The maximum absolute atomic E-state index is 9.52. The summed E-state index contributed by atoms with van der Waals surface area (Å²) in [7, 11) is 1.53. The van der Waals surface area contributed by atoms with E-state index in [9.17, 15) is 5.11 Å². The van der Waals surface area contributed by atoms with Crippen LogP contribution in [0, 0.1) is 6.92 Å². The van der Waals surface area contributed by atoms with E-state index in [1.807, 2.05) is 31.2 Å². The van der Waals surface area contributed by atoms with Gasteiger partial charge in [0.1, 0.15) is 0 Å². The molecular weight excluding hydrogens is 262 g/mol. The van der Waals surface area contributed by atoms with Crippen LogP contribution >= 0.6 is 11.6 Å². The summed E-state index contributed by atoms with van der Waals surface area (Å²) in [5.74, 6) is 0.617. The van der Waals surface area contributed by atoms with E-state index < -0.39 is 0 Å². The highest BCUT2D eigenvalue weighted by molar-refractivity contribution is 6.31. The molecule has 100 valence electrons. The van der Waals surface area contributed by atoms with Crippen LogP contribution in [0.2, 0.25) is 5.02 Å². The summed E-state index contributed by atoms with van der Waals surface area (Å²) in [6.07, 6.45) is 0. The van der Waals surface area contributed by atoms with Crippen molar-refractivity contribution in [3.63, 3.8) is 0 Å². The van der Waals surface area contributed by atoms with Gasteiger partial charge in [-0.2, -0.15) is 0 Å². The lowest BCUT2D eigenvalue weighted by atomic mass is 10.2. The molecule has 4 heteroatoms. The van der Waals surface area contributed by atoms with Crippen molar-refractivity contribution in [3.8, 4) is 11.5 Å². The number of nitrogens with one attached hydrogen (secondary N) is 1. The summed E-state index contributed by atoms with van der Waals surface area (Å²) in [6, 6.07) is 11.1. The van der Waals surface area contributed by atoms with Crippen LogP contribution in [0.15, 0.2) is 36.4 Å². The first-order chi connectivity index (χ1) is 9.10. The van der Waals surface area contributed by atoms with Gasteiger partial charge in [-0.25, -0.2) is 0 Å². The fourth-order valence-electron chi connectivity index (χ4n) is 1.74. The molecule has 0 saturated carbocycles. The zero-order chi connectivity index (χ0) is 13.8. The molecule has 0 unspecified atom stereocenters. The first-order valence-corrected chi connectivity index (χ1v) is 6.34. The summed E-state index contributed by atoms with van der Waals surface area (Å²) >= 11 is 6.07. The Bertz CT molecular complexity index is 584. The Morgan fingerprint density at radius 1 is 1.21 bits per heavy atom. The molecule has 0 aliphatic heterocycles. The molecule has 0 fully saturated rings. The third-order valence-electron chi connectivity index (χ3n) is 2.91. The Hall–Kier alpha value is -1.87. The Balaban J connectivity index is 2.07. The number of rotatable bonds is 4. The molecule has 2 N–H and O–H groups in total. The van der Waals surface area contributed by atoms with Crippen LogP contribution in [0.25, 0.3) is 0 Å². The second kappa shape index (κ2) is 5.85. The number of halogens is 1. The van der Waals surface area contributed by atoms with Crippen LogP contribution in [0.3, 0.4) is 0 Å². The predicted octanol–water partition coefficient (Wildman–Crippen LogP) is 3.97. The van der Waals surface area contributed by atoms with Gasteiger partial charge in [0.2, 0.25) is 0 Å². The van der Waals surface area contributed by atoms with E-state index >= 15 is 0 Å². The predicted molar refractivity (Wildman–Crippen MR) is 78.2 cm³/mol. The third kappa shape index (κ3) is 3.32. The van der Waals surface area contributed by atoms with Gasteiger partial charge >= 0.3 is 0 Å². The van der Waals surface area contributed by atoms with Crippen molar-refractivity contribution < 1.29 is 9.84 Å². The molecule has 0 atom stereocenters. The SMILES string of the molecule is COc1cc(CNc2ccc(C)c(Cl)c2)ccc1O. The van der Waals surface area contributed by atoms with Gasteiger partial charge in [-0.1, -0.05) is 23.7 Å². The van der Waals surface area contributed by atoms with E-state index in [0.29, 0.717) is 12.3 Å². The fourth-order valence-corrected chi connectivity index (χ4v) is 1.92. The van der Waals surface area contributed by atoms with Gasteiger partial charge < -0.3 is 15.2 Å². The van der Waals surface area contributed by atoms with Gasteiger partial charge in [-0.05, 0) is 42.3 Å². The second-order valence-electron chi connectivity index (χ2n) is 4.32. The minimum absolute atomic E-state index is 0.143. The molecular formula is C15H16ClNO2. The molecule has 3 nitrogen and oxygen atoms in total. The highest BCUT2D eigenvalue weighted by Gasteiger charge is 2.03. The lowest BCUT2D eigenvalue weighted by molar-refractivity contribution is 0.373. The Morgan fingerprint density at radius 3 is 2.68 bits per heavy atom. The molecule has 2 aromatic carbocycles. The van der Waals surface area contributed by atoms with Crippen molar-refractivity contribution in [2.45, 2.75) is 13.5 Å². The second-order valence-corrected chi connectivity index (χ2v) is 4.73. The average Bonchev–Trinajstić information content (AvgIpc) is 2.41. The summed E-state index contributed by atoms with van der Waals surface area (Å²) < 4.78 is 5.07. The number of phenols is 1. The first-order valence-electron chi connectivity index (χ1n) is 5.96. The zero-order valence-electron chi connectivity index (χ0n) is 10.9. The molecule has 0 heterocycles. The highest BCUT2D eigenvalue weighted by Crippen LogP contribution is 2.27. The Morgan fingerprint density at radius 2 is 2.00 bits per heavy atom. The number of benzene rings is 2. The summed E-state index contributed by atoms with van der Waals surface area (Å²) in [5, 5.41) is 13.5. The Labute approximate surface area is 117 Å². The minimum Gasteiger partial charge on any atom is -0.504 e. The molecule has 19 heavy (non-hydrogen) atoms. The zero-order valence-corrected chi connectivity index (χ0v) is 11.7. The fraction of sp³-hybridized carbons (Fsp3) is 0.200. The number of phenolic OH excluding ortho intramolecular Hbond substituents is 1. The van der Waals surface area contributed by atoms with Crippen molar-refractivity contribution >= 4 is 17.3 Å². The van der Waals surface area contributed by atoms with Crippen molar-refractivity contribution in [1.29, 1.82) is 0 Å². The average molecular weight is 278 g/mol. The van der Waals surface area contributed by atoms with Gasteiger partial charge in [0.25, 0.3) is 0 Å². The number of hydrogen-bond acceptors (Lipinski definition) is 3. The van der Waals surface area contributed by atoms with E-state index in [1.54, 1.807) is 12.1 Å². The van der Waals surface area contributed by atoms with Gasteiger partial charge in [-0.15, -0.1) is 0 Å². The maximum Gasteiger partial charge on any atom is 0.160 e. The molecule has 2 rings (SSSR count). The topological polar surface area (TPSA) is 41.5 Å². The molecule has 0 amide bonds. The number of ether oxygens (including phenoxy) is 1. The molecule has 0 aliphatic carbocycles. The molecule has 0 aliphatic rings. The molecule has 0 saturated heterocycles. The third-order valence-corrected chi connectivity index (χ3v) is 3.32. The van der Waals surface area contributed by atoms with Crippen LogP contribution in [0.5, 0.6) is 11.5 Å². The van der Waals surface area contributed by atoms with Crippen LogP contribution in [-0.2, 0) is 6.54 Å². The van der Waals surface area contributed by atoms with E-state index in [2.05, 4.69) is 5.32 Å². The molecule has 0 spiro atoms. The number of methoxy groups -OCH3 is 1. The lowest BCUT2D eigenvalue weighted by Crippen LogP contribution is -2.00. The summed E-state index contributed by atoms with van der Waals surface area (Å²) in [5.41, 5.74) is 3.03. The van der Waals surface area contributed by atoms with Crippen LogP contribution in [0.1, 0.15) is 11.1 Å². The maximum atomic E-state index is 9.52.